The monoisotopic (exact) mass is 262 g/mol. The number of para-hydroxylation sites is 1. The van der Waals surface area contributed by atoms with E-state index < -0.39 is 0 Å². The van der Waals surface area contributed by atoms with Crippen molar-refractivity contribution in [3.8, 4) is 0 Å². The molecule has 2 heteroatoms. The molecule has 0 aliphatic carbocycles. The number of nitrogens with zero attached hydrogens (tertiary/aromatic N) is 1. The number of pyridine rings is 1. The summed E-state index contributed by atoms with van der Waals surface area (Å²) >= 11 is 0. The Balaban J connectivity index is 2.07. The average Bonchev–Trinajstić information content (AvgIpc) is 2.48. The number of aromatic nitrogens is 1. The van der Waals surface area contributed by atoms with Crippen LogP contribution in [0.1, 0.15) is 28.3 Å². The molecule has 1 atom stereocenters. The SMILES string of the molecule is Cc1ccc(C)c(C(N)c2cnc3ccccc3c2)c1. The van der Waals surface area contributed by atoms with Gasteiger partial charge in [-0.1, -0.05) is 42.0 Å². The van der Waals surface area contributed by atoms with Gasteiger partial charge in [0.05, 0.1) is 11.6 Å². The first-order valence-electron chi connectivity index (χ1n) is 6.82. The highest BCUT2D eigenvalue weighted by atomic mass is 14.7. The molecule has 0 saturated heterocycles. The third kappa shape index (κ3) is 2.30. The van der Waals surface area contributed by atoms with E-state index in [-0.39, 0.29) is 6.04 Å². The molecule has 3 rings (SSSR count). The van der Waals surface area contributed by atoms with Crippen LogP contribution in [0.3, 0.4) is 0 Å². The zero-order valence-corrected chi connectivity index (χ0v) is 11.8. The Morgan fingerprint density at radius 1 is 1.00 bits per heavy atom. The van der Waals surface area contributed by atoms with Gasteiger partial charge in [-0.3, -0.25) is 4.98 Å². The second kappa shape index (κ2) is 5.06. The molecule has 0 aliphatic heterocycles. The van der Waals surface area contributed by atoms with Crippen LogP contribution in [0.25, 0.3) is 10.9 Å². The molecule has 1 aromatic heterocycles. The van der Waals surface area contributed by atoms with Gasteiger partial charge in [-0.2, -0.15) is 0 Å². The van der Waals surface area contributed by atoms with Crippen LogP contribution < -0.4 is 5.73 Å². The molecule has 1 heterocycles. The van der Waals surface area contributed by atoms with Crippen LogP contribution in [0.5, 0.6) is 0 Å². The van der Waals surface area contributed by atoms with Crippen molar-refractivity contribution in [1.82, 2.24) is 4.98 Å². The van der Waals surface area contributed by atoms with E-state index in [4.69, 9.17) is 5.73 Å². The lowest BCUT2D eigenvalue weighted by Gasteiger charge is -2.16. The molecule has 0 radical (unpaired) electrons. The molecule has 0 saturated carbocycles. The van der Waals surface area contributed by atoms with Gasteiger partial charge in [0.1, 0.15) is 0 Å². The fourth-order valence-corrected chi connectivity index (χ4v) is 2.53. The highest BCUT2D eigenvalue weighted by molar-refractivity contribution is 5.79. The second-order valence-electron chi connectivity index (χ2n) is 5.30. The summed E-state index contributed by atoms with van der Waals surface area (Å²) in [5.74, 6) is 0. The molecule has 2 nitrogen and oxygen atoms in total. The van der Waals surface area contributed by atoms with Crippen molar-refractivity contribution in [3.63, 3.8) is 0 Å². The van der Waals surface area contributed by atoms with Gasteiger partial charge >= 0.3 is 0 Å². The van der Waals surface area contributed by atoms with E-state index in [2.05, 4.69) is 49.2 Å². The van der Waals surface area contributed by atoms with Crippen molar-refractivity contribution in [2.24, 2.45) is 5.73 Å². The van der Waals surface area contributed by atoms with E-state index in [1.165, 1.54) is 16.7 Å². The summed E-state index contributed by atoms with van der Waals surface area (Å²) in [6.07, 6.45) is 1.88. The first-order valence-corrected chi connectivity index (χ1v) is 6.82. The second-order valence-corrected chi connectivity index (χ2v) is 5.30. The maximum absolute atomic E-state index is 6.44. The lowest BCUT2D eigenvalue weighted by Crippen LogP contribution is -2.13. The Morgan fingerprint density at radius 2 is 1.80 bits per heavy atom. The molecule has 1 unspecified atom stereocenters. The summed E-state index contributed by atoms with van der Waals surface area (Å²) in [4.78, 5) is 4.50. The molecule has 0 aliphatic rings. The molecule has 0 bridgehead atoms. The van der Waals surface area contributed by atoms with Crippen LogP contribution in [-0.4, -0.2) is 4.98 Å². The van der Waals surface area contributed by atoms with Crippen molar-refractivity contribution < 1.29 is 0 Å². The molecule has 0 fully saturated rings. The fourth-order valence-electron chi connectivity index (χ4n) is 2.53. The lowest BCUT2D eigenvalue weighted by molar-refractivity contribution is 0.855. The molecule has 0 amide bonds. The third-order valence-electron chi connectivity index (χ3n) is 3.74. The normalized spacial score (nSPS) is 12.6. The summed E-state index contributed by atoms with van der Waals surface area (Å²) in [7, 11) is 0. The predicted octanol–water partition coefficient (Wildman–Crippen LogP) is 3.90. The third-order valence-corrected chi connectivity index (χ3v) is 3.74. The van der Waals surface area contributed by atoms with Crippen molar-refractivity contribution >= 4 is 10.9 Å². The number of fused-ring (bicyclic) bond motifs is 1. The van der Waals surface area contributed by atoms with Gasteiger partial charge in [0, 0.05) is 11.6 Å². The summed E-state index contributed by atoms with van der Waals surface area (Å²) in [6.45, 7) is 4.19. The van der Waals surface area contributed by atoms with E-state index in [0.717, 1.165) is 16.5 Å². The molecular weight excluding hydrogens is 244 g/mol. The van der Waals surface area contributed by atoms with Crippen molar-refractivity contribution in [3.05, 3.63) is 77.0 Å². The summed E-state index contributed by atoms with van der Waals surface area (Å²) < 4.78 is 0. The first-order chi connectivity index (χ1) is 9.65. The van der Waals surface area contributed by atoms with E-state index in [1.807, 2.05) is 24.4 Å². The molecule has 2 N–H and O–H groups in total. The van der Waals surface area contributed by atoms with Crippen LogP contribution in [0.2, 0.25) is 0 Å². The maximum Gasteiger partial charge on any atom is 0.0702 e. The maximum atomic E-state index is 6.44. The van der Waals surface area contributed by atoms with Crippen LogP contribution in [0.4, 0.5) is 0 Å². The topological polar surface area (TPSA) is 38.9 Å². The van der Waals surface area contributed by atoms with E-state index in [9.17, 15) is 0 Å². The number of hydrogen-bond donors (Lipinski definition) is 1. The number of benzene rings is 2. The highest BCUT2D eigenvalue weighted by Crippen LogP contribution is 2.25. The Bertz CT molecular complexity index is 762. The van der Waals surface area contributed by atoms with E-state index in [1.54, 1.807) is 0 Å². The van der Waals surface area contributed by atoms with Crippen LogP contribution >= 0.6 is 0 Å². The van der Waals surface area contributed by atoms with Gasteiger partial charge in [0.2, 0.25) is 0 Å². The van der Waals surface area contributed by atoms with Crippen molar-refractivity contribution in [2.75, 3.05) is 0 Å². The van der Waals surface area contributed by atoms with Gasteiger partial charge in [-0.05, 0) is 42.7 Å². The predicted molar refractivity (Wildman–Crippen MR) is 83.7 cm³/mol. The van der Waals surface area contributed by atoms with Crippen LogP contribution in [0.15, 0.2) is 54.7 Å². The Morgan fingerprint density at radius 3 is 2.65 bits per heavy atom. The minimum Gasteiger partial charge on any atom is -0.320 e. The standard InChI is InChI=1S/C18H18N2/c1-12-7-8-13(2)16(9-12)18(19)15-10-14-5-3-4-6-17(14)20-11-15/h3-11,18H,19H2,1-2H3. The fraction of sp³-hybridized carbons (Fsp3) is 0.167. The zero-order chi connectivity index (χ0) is 14.1. The minimum atomic E-state index is -0.132. The Hall–Kier alpha value is -2.19. The van der Waals surface area contributed by atoms with Crippen LogP contribution in [-0.2, 0) is 0 Å². The summed E-state index contributed by atoms with van der Waals surface area (Å²) in [5, 5.41) is 1.13. The highest BCUT2D eigenvalue weighted by Gasteiger charge is 2.12. The van der Waals surface area contributed by atoms with Crippen LogP contribution in [0, 0.1) is 13.8 Å². The van der Waals surface area contributed by atoms with Gasteiger partial charge in [0.25, 0.3) is 0 Å². The molecule has 3 aromatic rings. The molecule has 0 spiro atoms. The van der Waals surface area contributed by atoms with E-state index in [0.29, 0.717) is 0 Å². The quantitative estimate of drug-likeness (QED) is 0.760. The minimum absolute atomic E-state index is 0.132. The first kappa shape index (κ1) is 12.8. The smallest absolute Gasteiger partial charge is 0.0702 e. The Labute approximate surface area is 119 Å². The van der Waals surface area contributed by atoms with E-state index >= 15 is 0 Å². The molecule has 2 aromatic carbocycles. The Kier molecular flexibility index (Phi) is 3.25. The number of aryl methyl sites for hydroxylation is 2. The number of rotatable bonds is 2. The molecule has 20 heavy (non-hydrogen) atoms. The van der Waals surface area contributed by atoms with Gasteiger partial charge in [0.15, 0.2) is 0 Å². The lowest BCUT2D eigenvalue weighted by atomic mass is 9.94. The average molecular weight is 262 g/mol. The van der Waals surface area contributed by atoms with Gasteiger partial charge in [-0.25, -0.2) is 0 Å². The molecule has 100 valence electrons. The zero-order valence-electron chi connectivity index (χ0n) is 11.8. The van der Waals surface area contributed by atoms with Crippen molar-refractivity contribution in [1.29, 1.82) is 0 Å². The number of hydrogen-bond acceptors (Lipinski definition) is 2. The largest absolute Gasteiger partial charge is 0.320 e. The summed E-state index contributed by atoms with van der Waals surface area (Å²) in [5.41, 5.74) is 12.1. The van der Waals surface area contributed by atoms with Gasteiger partial charge < -0.3 is 5.73 Å². The molecular formula is C18H18N2. The summed E-state index contributed by atoms with van der Waals surface area (Å²) in [6, 6.07) is 16.5. The number of nitrogens with two attached hydrogens (primary N) is 1. The van der Waals surface area contributed by atoms with Crippen molar-refractivity contribution in [2.45, 2.75) is 19.9 Å². The van der Waals surface area contributed by atoms with Gasteiger partial charge in [-0.15, -0.1) is 0 Å².